The van der Waals surface area contributed by atoms with Crippen molar-refractivity contribution in [2.75, 3.05) is 0 Å². The van der Waals surface area contributed by atoms with Crippen molar-refractivity contribution in [3.05, 3.63) is 223 Å². The molecule has 0 N–H and O–H groups in total. The van der Waals surface area contributed by atoms with Crippen molar-refractivity contribution in [2.24, 2.45) is 0 Å². The first kappa shape index (κ1) is 33.5. The highest BCUT2D eigenvalue weighted by atomic mass is 16.5. The van der Waals surface area contributed by atoms with Gasteiger partial charge in [0.25, 0.3) is 6.33 Å². The molecule has 5 heteroatoms. The van der Waals surface area contributed by atoms with Crippen LogP contribution in [0.5, 0.6) is 11.5 Å². The lowest BCUT2D eigenvalue weighted by atomic mass is 9.77. The third kappa shape index (κ3) is 8.57. The van der Waals surface area contributed by atoms with Crippen LogP contribution in [-0.2, 0) is 16.2 Å². The largest absolute Gasteiger partial charge is 0.458 e. The molecule has 0 amide bonds. The van der Waals surface area contributed by atoms with Gasteiger partial charge in [0.2, 0.25) is 0 Å². The molecule has 0 fully saturated rings. The number of hydrogen-bond acceptors (Lipinski definition) is 2. The highest BCUT2D eigenvalue weighted by molar-refractivity contribution is 6.09. The van der Waals surface area contributed by atoms with Gasteiger partial charge in [0.15, 0.2) is 0 Å². The average molecular weight is 952 g/mol. The Kier molecular flexibility index (Phi) is 8.24. The number of ether oxygens (including phenoxy) is 1. The second-order valence-corrected chi connectivity index (χ2v) is 21.4. The number of para-hydroxylation sites is 3. The van der Waals surface area contributed by atoms with E-state index in [1.165, 1.54) is 12.3 Å². The van der Waals surface area contributed by atoms with E-state index in [0.29, 0.717) is 22.6 Å². The number of pyridine rings is 1. The third-order valence-corrected chi connectivity index (χ3v) is 13.3. The highest BCUT2D eigenvalue weighted by Gasteiger charge is 2.29. The zero-order chi connectivity index (χ0) is 61.3. The fourth-order valence-corrected chi connectivity index (χ4v) is 9.51. The maximum Gasteiger partial charge on any atom is 0.269 e. The van der Waals surface area contributed by atoms with Gasteiger partial charge in [-0.25, -0.2) is 4.98 Å². The summed E-state index contributed by atoms with van der Waals surface area (Å²) in [5.74, 6) is 1.19. The van der Waals surface area contributed by atoms with Crippen molar-refractivity contribution in [1.82, 2.24) is 14.1 Å². The maximum absolute atomic E-state index is 9.16. The number of hydrogen-bond donors (Lipinski definition) is 0. The molecule has 0 saturated carbocycles. The van der Waals surface area contributed by atoms with Crippen LogP contribution in [0.1, 0.15) is 102 Å². The topological polar surface area (TPSA) is 35.9 Å². The van der Waals surface area contributed by atoms with Crippen LogP contribution >= 0.6 is 0 Å². The van der Waals surface area contributed by atoms with Gasteiger partial charge in [-0.05, 0) is 122 Å². The summed E-state index contributed by atoms with van der Waals surface area (Å²) in [6, 6.07) is 36.3. The Morgan fingerprint density at radius 2 is 1.19 bits per heavy atom. The van der Waals surface area contributed by atoms with E-state index < -0.39 is 60.6 Å². The molecule has 0 saturated heterocycles. The molecule has 0 bridgehead atoms. The van der Waals surface area contributed by atoms with Crippen LogP contribution < -0.4 is 9.30 Å². The molecule has 0 radical (unpaired) electrons. The van der Waals surface area contributed by atoms with Gasteiger partial charge in [-0.15, -0.1) is 0 Å². The average Bonchev–Trinajstić information content (AvgIpc) is 2.45. The van der Waals surface area contributed by atoms with Crippen molar-refractivity contribution >= 4 is 32.8 Å². The molecule has 0 aliphatic rings. The van der Waals surface area contributed by atoms with Crippen LogP contribution in [0.4, 0.5) is 0 Å². The number of benzene rings is 8. The molecule has 5 nitrogen and oxygen atoms in total. The molecule has 11 rings (SSSR count). The van der Waals surface area contributed by atoms with E-state index in [-0.39, 0.29) is 51.0 Å². The fourth-order valence-electron chi connectivity index (χ4n) is 9.51. The van der Waals surface area contributed by atoms with Gasteiger partial charge in [-0.1, -0.05) is 196 Å². The minimum absolute atomic E-state index is 0.0932. The molecule has 11 aromatic rings. The van der Waals surface area contributed by atoms with Gasteiger partial charge < -0.3 is 4.74 Å². The Hall–Kier alpha value is -8.02. The van der Waals surface area contributed by atoms with Crippen molar-refractivity contribution in [2.45, 2.75) is 85.4 Å². The zero-order valence-electron chi connectivity index (χ0n) is 54.9. The molecule has 356 valence electrons. The van der Waals surface area contributed by atoms with E-state index in [2.05, 4.69) is 91.4 Å². The van der Waals surface area contributed by atoms with Gasteiger partial charge >= 0.3 is 0 Å². The molecule has 0 aliphatic heterocycles. The van der Waals surface area contributed by atoms with E-state index in [4.69, 9.17) is 27.5 Å². The van der Waals surface area contributed by atoms with E-state index in [9.17, 15) is 0 Å². The standard InChI is InChI=1S/C67H62N4O/c1-44-34-63(68-42-57(44)46-24-15-12-16-25-46)71-59-29-18-17-28-54(59)55-33-32-53(41-62(55)71)72-52-27-21-26-51(40-52)69-43-70(61-31-20-19-30-60(61)69)64-56(48-35-49(65(2,3)4)39-50(36-48)66(5,6)7)37-47(38-58(64)67(8,9)10)45-22-13-11-14-23-45/h11-42H,1-10H3/i1D3,11D,12D,13D,14D,15D,16D,22D,23D,24D,25D. The first-order chi connectivity index (χ1) is 39.8. The van der Waals surface area contributed by atoms with Gasteiger partial charge in [-0.3, -0.25) is 13.7 Å². The molecule has 3 aromatic heterocycles. The van der Waals surface area contributed by atoms with Crippen molar-refractivity contribution < 1.29 is 27.1 Å². The monoisotopic (exact) mass is 952 g/mol. The molecule has 0 atom stereocenters. The minimum Gasteiger partial charge on any atom is -0.458 e. The van der Waals surface area contributed by atoms with Crippen molar-refractivity contribution in [1.29, 1.82) is 0 Å². The summed E-state index contributed by atoms with van der Waals surface area (Å²) in [7, 11) is 0. The minimum atomic E-state index is -2.77. The summed E-state index contributed by atoms with van der Waals surface area (Å²) >= 11 is 0. The molecule has 3 heterocycles. The van der Waals surface area contributed by atoms with Crippen LogP contribution in [0, 0.1) is 13.2 Å². The lowest BCUT2D eigenvalue weighted by Gasteiger charge is -2.29. The second-order valence-electron chi connectivity index (χ2n) is 21.4. The van der Waals surface area contributed by atoms with Crippen LogP contribution in [0.25, 0.3) is 83.4 Å². The number of nitrogens with zero attached hydrogens (tertiary/aromatic N) is 4. The second kappa shape index (κ2) is 17.7. The normalized spacial score (nSPS) is 15.0. The molecular weight excluding hydrogens is 877 g/mol. The van der Waals surface area contributed by atoms with Gasteiger partial charge in [-0.2, -0.15) is 0 Å². The Bertz CT molecular complexity index is 4480. The van der Waals surface area contributed by atoms with E-state index in [0.717, 1.165) is 66.5 Å². The molecule has 0 spiro atoms. The van der Waals surface area contributed by atoms with E-state index in [1.807, 2.05) is 112 Å². The van der Waals surface area contributed by atoms with Crippen molar-refractivity contribution in [3.8, 4) is 62.1 Å². The SMILES string of the molecule is [2H]c1c([2H])c([2H])c(-c2cc(-c3cc(C(C)(C)C)cc(C(C)(C)C)c3)c(-[n+]3[c-]n(-c4cccc(Oc5ccc6c7ccccc7n(-c7cc(C([2H])([2H])[2H])c(-c8c([2H])c([2H])c([2H])c([2H])c8[2H])cn7)c6c5)c4)c4ccccc43)c(C(C)(C)C)c2)c([2H])c1[2H]. The number of fused-ring (bicyclic) bond motifs is 4. The highest BCUT2D eigenvalue weighted by Crippen LogP contribution is 2.42. The summed E-state index contributed by atoms with van der Waals surface area (Å²) in [5, 5.41) is 1.69. The predicted molar refractivity (Wildman–Crippen MR) is 299 cm³/mol. The van der Waals surface area contributed by atoms with Gasteiger partial charge in [0, 0.05) is 32.7 Å². The summed E-state index contributed by atoms with van der Waals surface area (Å²) in [4.78, 5) is 4.74. The Balaban J connectivity index is 1.07. The quantitative estimate of drug-likeness (QED) is 0.112. The Labute approximate surface area is 442 Å². The molecule has 8 aromatic carbocycles. The van der Waals surface area contributed by atoms with Crippen LogP contribution in [0.15, 0.2) is 194 Å². The first-order valence-electron chi connectivity index (χ1n) is 30.6. The number of aromatic nitrogens is 4. The lowest BCUT2D eigenvalue weighted by molar-refractivity contribution is -0.572. The van der Waals surface area contributed by atoms with Crippen LogP contribution in [0.3, 0.4) is 0 Å². The third-order valence-electron chi connectivity index (χ3n) is 13.3. The number of imidazole rings is 1. The van der Waals surface area contributed by atoms with E-state index in [1.54, 1.807) is 0 Å². The first-order valence-corrected chi connectivity index (χ1v) is 24.1. The zero-order valence-corrected chi connectivity index (χ0v) is 41.9. The fraction of sp³-hybridized carbons (Fsp3) is 0.194. The molecule has 0 aliphatic carbocycles. The summed E-state index contributed by atoms with van der Waals surface area (Å²) < 4.78 is 125. The van der Waals surface area contributed by atoms with Crippen LogP contribution in [-0.4, -0.2) is 14.1 Å². The predicted octanol–water partition coefficient (Wildman–Crippen LogP) is 17.2. The number of rotatable bonds is 8. The summed E-state index contributed by atoms with van der Waals surface area (Å²) in [5.41, 5.74) is 8.28. The van der Waals surface area contributed by atoms with Gasteiger partial charge in [0.05, 0.1) is 47.1 Å². The number of aryl methyl sites for hydroxylation is 1. The Morgan fingerprint density at radius 1 is 0.542 bits per heavy atom. The Morgan fingerprint density at radius 3 is 1.89 bits per heavy atom. The van der Waals surface area contributed by atoms with Gasteiger partial charge in [0.1, 0.15) is 17.3 Å². The lowest BCUT2D eigenvalue weighted by Crippen LogP contribution is -2.35. The van der Waals surface area contributed by atoms with Crippen molar-refractivity contribution in [3.63, 3.8) is 0 Å². The summed E-state index contributed by atoms with van der Waals surface area (Å²) in [6.45, 7) is 16.7. The van der Waals surface area contributed by atoms with Crippen LogP contribution in [0.2, 0.25) is 0 Å². The molecule has 72 heavy (non-hydrogen) atoms. The summed E-state index contributed by atoms with van der Waals surface area (Å²) in [6.07, 6.45) is 5.03. The maximum atomic E-state index is 9.16. The molecule has 0 unspecified atom stereocenters. The molecular formula is C67H62N4O. The smallest absolute Gasteiger partial charge is 0.269 e. The van der Waals surface area contributed by atoms with E-state index >= 15 is 0 Å².